The number of methoxy groups -OCH3 is 1. The van der Waals surface area contributed by atoms with Crippen molar-refractivity contribution < 1.29 is 9.53 Å². The number of nitrogens with zero attached hydrogens (tertiary/aromatic N) is 1. The second-order valence-electron chi connectivity index (χ2n) is 5.65. The molecule has 1 amide bonds. The maximum absolute atomic E-state index is 12.0. The molecule has 1 N–H and O–H groups in total. The van der Waals surface area contributed by atoms with Crippen LogP contribution in [0.1, 0.15) is 22.3 Å². The van der Waals surface area contributed by atoms with E-state index < -0.39 is 0 Å². The normalized spacial score (nSPS) is 10.2. The van der Waals surface area contributed by atoms with Crippen molar-refractivity contribution in [3.05, 3.63) is 59.7 Å². The summed E-state index contributed by atoms with van der Waals surface area (Å²) < 4.78 is 5.08. The van der Waals surface area contributed by atoms with Gasteiger partial charge in [-0.25, -0.2) is 0 Å². The first kappa shape index (κ1) is 16.9. The Bertz CT molecular complexity index is 619. The topological polar surface area (TPSA) is 41.6 Å². The van der Waals surface area contributed by atoms with E-state index in [9.17, 15) is 4.79 Å². The lowest BCUT2D eigenvalue weighted by Gasteiger charge is -2.12. The standard InChI is InChI=1S/C19H24N2O2/c1-21(2)17-10-6-15(7-11-17)5-4-14-20-19(22)16-8-12-18(23-3)13-9-16/h6-13H,4-5,14H2,1-3H3,(H,20,22). The van der Waals surface area contributed by atoms with Crippen molar-refractivity contribution in [1.82, 2.24) is 5.32 Å². The lowest BCUT2D eigenvalue weighted by molar-refractivity contribution is 0.0953. The number of hydrogen-bond donors (Lipinski definition) is 1. The van der Waals surface area contributed by atoms with Crippen molar-refractivity contribution in [3.8, 4) is 5.75 Å². The molecule has 2 rings (SSSR count). The fraction of sp³-hybridized carbons (Fsp3) is 0.316. The highest BCUT2D eigenvalue weighted by Gasteiger charge is 2.04. The van der Waals surface area contributed by atoms with Crippen molar-refractivity contribution in [2.24, 2.45) is 0 Å². The van der Waals surface area contributed by atoms with Crippen molar-refractivity contribution in [3.63, 3.8) is 0 Å². The van der Waals surface area contributed by atoms with Crippen molar-refractivity contribution >= 4 is 11.6 Å². The number of aryl methyl sites for hydroxylation is 1. The molecule has 0 heterocycles. The minimum Gasteiger partial charge on any atom is -0.497 e. The highest BCUT2D eigenvalue weighted by Crippen LogP contribution is 2.13. The summed E-state index contributed by atoms with van der Waals surface area (Å²) in [5.74, 6) is 0.707. The summed E-state index contributed by atoms with van der Waals surface area (Å²) in [7, 11) is 5.67. The first-order valence-corrected chi connectivity index (χ1v) is 7.78. The van der Waals surface area contributed by atoms with Crippen molar-refractivity contribution in [2.45, 2.75) is 12.8 Å². The maximum atomic E-state index is 12.0. The molecular weight excluding hydrogens is 288 g/mol. The fourth-order valence-electron chi connectivity index (χ4n) is 2.30. The van der Waals surface area contributed by atoms with Gasteiger partial charge in [-0.2, -0.15) is 0 Å². The largest absolute Gasteiger partial charge is 0.497 e. The summed E-state index contributed by atoms with van der Waals surface area (Å²) in [6.45, 7) is 0.667. The van der Waals surface area contributed by atoms with Crippen LogP contribution in [0, 0.1) is 0 Å². The Kier molecular flexibility index (Phi) is 6.03. The predicted molar refractivity (Wildman–Crippen MR) is 94.4 cm³/mol. The van der Waals surface area contributed by atoms with Gasteiger partial charge in [-0.15, -0.1) is 0 Å². The van der Waals surface area contributed by atoms with Gasteiger partial charge in [-0.1, -0.05) is 12.1 Å². The van der Waals surface area contributed by atoms with E-state index in [1.54, 1.807) is 31.4 Å². The van der Waals surface area contributed by atoms with Gasteiger partial charge >= 0.3 is 0 Å². The third-order valence-electron chi connectivity index (χ3n) is 3.73. The molecule has 0 saturated heterocycles. The molecule has 0 spiro atoms. The van der Waals surface area contributed by atoms with Gasteiger partial charge in [-0.3, -0.25) is 4.79 Å². The highest BCUT2D eigenvalue weighted by molar-refractivity contribution is 5.94. The van der Waals surface area contributed by atoms with Gasteiger partial charge in [0.25, 0.3) is 5.91 Å². The molecule has 23 heavy (non-hydrogen) atoms. The number of anilines is 1. The second kappa shape index (κ2) is 8.22. The molecule has 0 aliphatic heterocycles. The summed E-state index contributed by atoms with van der Waals surface area (Å²) in [5, 5.41) is 2.95. The highest BCUT2D eigenvalue weighted by atomic mass is 16.5. The lowest BCUT2D eigenvalue weighted by Crippen LogP contribution is -2.24. The molecule has 122 valence electrons. The third-order valence-corrected chi connectivity index (χ3v) is 3.73. The maximum Gasteiger partial charge on any atom is 0.251 e. The zero-order valence-corrected chi connectivity index (χ0v) is 14.0. The van der Waals surface area contributed by atoms with E-state index in [1.165, 1.54) is 11.3 Å². The van der Waals surface area contributed by atoms with E-state index in [4.69, 9.17) is 4.74 Å². The molecule has 4 heteroatoms. The minimum absolute atomic E-state index is 0.0457. The Morgan fingerprint density at radius 3 is 2.26 bits per heavy atom. The van der Waals surface area contributed by atoms with Gasteiger partial charge in [0.1, 0.15) is 5.75 Å². The Morgan fingerprint density at radius 2 is 1.70 bits per heavy atom. The summed E-state index contributed by atoms with van der Waals surface area (Å²) in [6, 6.07) is 15.6. The van der Waals surface area contributed by atoms with Crippen molar-refractivity contribution in [1.29, 1.82) is 0 Å². The fourth-order valence-corrected chi connectivity index (χ4v) is 2.30. The molecule has 0 radical (unpaired) electrons. The first-order valence-electron chi connectivity index (χ1n) is 7.78. The van der Waals surface area contributed by atoms with Crippen LogP contribution in [0.25, 0.3) is 0 Å². The average molecular weight is 312 g/mol. The first-order chi connectivity index (χ1) is 11.1. The molecule has 0 aromatic heterocycles. The van der Waals surface area contributed by atoms with Gasteiger partial charge in [0.05, 0.1) is 7.11 Å². The molecule has 0 saturated carbocycles. The van der Waals surface area contributed by atoms with Crippen LogP contribution in [-0.2, 0) is 6.42 Å². The van der Waals surface area contributed by atoms with Crippen LogP contribution in [0.3, 0.4) is 0 Å². The van der Waals surface area contributed by atoms with Crippen LogP contribution in [-0.4, -0.2) is 33.7 Å². The van der Waals surface area contributed by atoms with Crippen LogP contribution in [0.2, 0.25) is 0 Å². The Balaban J connectivity index is 1.74. The summed E-state index contributed by atoms with van der Waals surface area (Å²) in [5.41, 5.74) is 3.14. The summed E-state index contributed by atoms with van der Waals surface area (Å²) >= 11 is 0. The molecule has 0 unspecified atom stereocenters. The minimum atomic E-state index is -0.0457. The average Bonchev–Trinajstić information content (AvgIpc) is 2.59. The molecular formula is C19H24N2O2. The van der Waals surface area contributed by atoms with Crippen LogP contribution in [0.15, 0.2) is 48.5 Å². The Hall–Kier alpha value is -2.49. The Labute approximate surface area is 138 Å². The molecule has 0 aliphatic carbocycles. The Morgan fingerprint density at radius 1 is 1.04 bits per heavy atom. The van der Waals surface area contributed by atoms with E-state index in [2.05, 4.69) is 34.5 Å². The van der Waals surface area contributed by atoms with E-state index >= 15 is 0 Å². The number of benzene rings is 2. The third kappa shape index (κ3) is 5.02. The predicted octanol–water partition coefficient (Wildman–Crippen LogP) is 3.12. The lowest BCUT2D eigenvalue weighted by atomic mass is 10.1. The van der Waals surface area contributed by atoms with Crippen molar-refractivity contribution in [2.75, 3.05) is 32.6 Å². The smallest absolute Gasteiger partial charge is 0.251 e. The number of ether oxygens (including phenoxy) is 1. The number of carbonyl (C=O) groups is 1. The molecule has 4 nitrogen and oxygen atoms in total. The number of hydrogen-bond acceptors (Lipinski definition) is 3. The monoisotopic (exact) mass is 312 g/mol. The summed E-state index contributed by atoms with van der Waals surface area (Å²) in [6.07, 6.45) is 1.87. The number of rotatable bonds is 7. The number of amides is 1. The van der Waals surface area contributed by atoms with E-state index in [-0.39, 0.29) is 5.91 Å². The van der Waals surface area contributed by atoms with E-state index in [1.807, 2.05) is 14.1 Å². The van der Waals surface area contributed by atoms with Crippen LogP contribution in [0.4, 0.5) is 5.69 Å². The van der Waals surface area contributed by atoms with Gasteiger partial charge in [0, 0.05) is 31.9 Å². The van der Waals surface area contributed by atoms with Gasteiger partial charge in [0.15, 0.2) is 0 Å². The van der Waals surface area contributed by atoms with Gasteiger partial charge in [0.2, 0.25) is 0 Å². The second-order valence-corrected chi connectivity index (χ2v) is 5.65. The number of nitrogens with one attached hydrogen (secondary N) is 1. The van der Waals surface area contributed by atoms with Gasteiger partial charge in [-0.05, 0) is 54.8 Å². The van der Waals surface area contributed by atoms with Crippen LogP contribution < -0.4 is 15.0 Å². The zero-order valence-electron chi connectivity index (χ0n) is 14.0. The molecule has 0 aliphatic rings. The van der Waals surface area contributed by atoms with Crippen LogP contribution in [0.5, 0.6) is 5.75 Å². The van der Waals surface area contributed by atoms with Crippen LogP contribution >= 0.6 is 0 Å². The van der Waals surface area contributed by atoms with Gasteiger partial charge < -0.3 is 15.0 Å². The zero-order chi connectivity index (χ0) is 16.7. The van der Waals surface area contributed by atoms with E-state index in [0.717, 1.165) is 18.6 Å². The molecule has 2 aromatic rings. The summed E-state index contributed by atoms with van der Waals surface area (Å²) in [4.78, 5) is 14.1. The molecule has 2 aromatic carbocycles. The molecule has 0 atom stereocenters. The number of carbonyl (C=O) groups excluding carboxylic acids is 1. The van der Waals surface area contributed by atoms with E-state index in [0.29, 0.717) is 12.1 Å². The quantitative estimate of drug-likeness (QED) is 0.799. The molecule has 0 fully saturated rings. The SMILES string of the molecule is COc1ccc(C(=O)NCCCc2ccc(N(C)C)cc2)cc1. The molecule has 0 bridgehead atoms.